The number of hydrogen-bond acceptors (Lipinski definition) is 2. The van der Waals surface area contributed by atoms with Crippen LogP contribution in [-0.4, -0.2) is 11.8 Å². The van der Waals surface area contributed by atoms with Crippen LogP contribution in [0.2, 0.25) is 0 Å². The molecule has 0 aromatic rings. The van der Waals surface area contributed by atoms with Gasteiger partial charge in [0.2, 0.25) is 0 Å². The Morgan fingerprint density at radius 1 is 1.08 bits per heavy atom. The second kappa shape index (κ2) is 4.15. The van der Waals surface area contributed by atoms with E-state index in [0.717, 1.165) is 0 Å². The molecule has 2 atom stereocenters. The number of hydrogen-bond donors (Lipinski definition) is 0. The van der Waals surface area contributed by atoms with E-state index in [0.29, 0.717) is 12.8 Å². The summed E-state index contributed by atoms with van der Waals surface area (Å²) in [6, 6.07) is 0. The van der Waals surface area contributed by atoms with Crippen molar-refractivity contribution in [3.05, 3.63) is 17.5 Å². The van der Waals surface area contributed by atoms with E-state index in [4.69, 9.17) is 0 Å². The summed E-state index contributed by atoms with van der Waals surface area (Å²) in [7, 11) is 0. The van der Waals surface area contributed by atoms with Crippen LogP contribution in [0.1, 0.15) is 12.8 Å². The van der Waals surface area contributed by atoms with Crippen molar-refractivity contribution in [1.29, 1.82) is 0 Å². The minimum Gasteiger partial charge on any atom is -0.595 e. The molecular formula is C8H8KNO2. The number of carbonyl (C=O) groups is 2. The molecule has 0 bridgehead atoms. The minimum absolute atomic E-state index is 0. The van der Waals surface area contributed by atoms with Crippen LogP contribution >= 0.6 is 0 Å². The average Bonchev–Trinajstić information content (AvgIpc) is 2.30. The number of carbonyl (C=O) groups excluding carboxylic acids is 2. The Labute approximate surface area is 113 Å². The summed E-state index contributed by atoms with van der Waals surface area (Å²) in [6.45, 7) is 0. The van der Waals surface area contributed by atoms with Crippen LogP contribution in [-0.2, 0) is 9.59 Å². The zero-order valence-electron chi connectivity index (χ0n) is 6.99. The van der Waals surface area contributed by atoms with Crippen molar-refractivity contribution < 1.29 is 61.0 Å². The van der Waals surface area contributed by atoms with Crippen LogP contribution in [0.5, 0.6) is 0 Å². The molecule has 1 fully saturated rings. The second-order valence-electron chi connectivity index (χ2n) is 2.94. The molecule has 0 radical (unpaired) electrons. The van der Waals surface area contributed by atoms with Gasteiger partial charge in [0, 0.05) is 11.8 Å². The molecule has 2 amide bonds. The fraction of sp³-hybridized carbons (Fsp3) is 0.500. The number of amides is 2. The fourth-order valence-corrected chi connectivity index (χ4v) is 1.63. The SMILES string of the molecule is O=C1[N-]C(=O)C2CC=CCC12.[K+]. The first kappa shape index (κ1) is 10.6. The van der Waals surface area contributed by atoms with Crippen molar-refractivity contribution in [1.82, 2.24) is 0 Å². The Hall–Kier alpha value is 0.516. The molecule has 58 valence electrons. The van der Waals surface area contributed by atoms with Gasteiger partial charge in [0.15, 0.2) is 0 Å². The molecule has 2 aliphatic rings. The van der Waals surface area contributed by atoms with Gasteiger partial charge in [-0.3, -0.25) is 0 Å². The van der Waals surface area contributed by atoms with Crippen molar-refractivity contribution in [2.45, 2.75) is 12.8 Å². The molecule has 1 saturated heterocycles. The Bertz CT molecular complexity index is 225. The maximum atomic E-state index is 11.0. The van der Waals surface area contributed by atoms with Crippen LogP contribution in [0.4, 0.5) is 0 Å². The topological polar surface area (TPSA) is 48.2 Å². The molecule has 0 spiro atoms. The van der Waals surface area contributed by atoms with Gasteiger partial charge in [0.1, 0.15) is 0 Å². The Morgan fingerprint density at radius 2 is 1.50 bits per heavy atom. The van der Waals surface area contributed by atoms with Crippen LogP contribution in [0.25, 0.3) is 5.32 Å². The van der Waals surface area contributed by atoms with Crippen molar-refractivity contribution >= 4 is 11.8 Å². The smallest absolute Gasteiger partial charge is 0.595 e. The number of nitrogens with zero attached hydrogens (tertiary/aromatic N) is 1. The summed E-state index contributed by atoms with van der Waals surface area (Å²) in [5, 5.41) is 3.42. The van der Waals surface area contributed by atoms with Gasteiger partial charge in [-0.1, -0.05) is 12.2 Å². The second-order valence-corrected chi connectivity index (χ2v) is 2.94. The molecule has 0 N–H and O–H groups in total. The van der Waals surface area contributed by atoms with Gasteiger partial charge in [-0.25, -0.2) is 0 Å². The summed E-state index contributed by atoms with van der Waals surface area (Å²) in [5.74, 6) is -0.700. The molecule has 0 aromatic carbocycles. The van der Waals surface area contributed by atoms with E-state index in [-0.39, 0.29) is 75.0 Å². The first-order chi connectivity index (χ1) is 5.29. The molecule has 1 aliphatic carbocycles. The molecule has 2 unspecified atom stereocenters. The van der Waals surface area contributed by atoms with Gasteiger partial charge < -0.3 is 14.9 Å². The summed E-state index contributed by atoms with van der Waals surface area (Å²) in [4.78, 5) is 22.0. The molecule has 3 nitrogen and oxygen atoms in total. The number of fused-ring (bicyclic) bond motifs is 1. The summed E-state index contributed by atoms with van der Waals surface area (Å²) in [5.41, 5.74) is 0. The van der Waals surface area contributed by atoms with Crippen LogP contribution < -0.4 is 51.4 Å². The van der Waals surface area contributed by atoms with E-state index < -0.39 is 0 Å². The summed E-state index contributed by atoms with van der Waals surface area (Å²) < 4.78 is 0. The molecule has 4 heteroatoms. The van der Waals surface area contributed by atoms with Gasteiger partial charge in [0.25, 0.3) is 0 Å². The third kappa shape index (κ3) is 1.72. The normalized spacial score (nSPS) is 32.3. The molecule has 1 heterocycles. The fourth-order valence-electron chi connectivity index (χ4n) is 1.63. The minimum atomic E-state index is -0.218. The molecule has 12 heavy (non-hydrogen) atoms. The third-order valence-corrected chi connectivity index (χ3v) is 2.29. The predicted molar refractivity (Wildman–Crippen MR) is 38.7 cm³/mol. The van der Waals surface area contributed by atoms with E-state index in [1.165, 1.54) is 0 Å². The number of imide groups is 1. The average molecular weight is 189 g/mol. The van der Waals surface area contributed by atoms with Crippen LogP contribution in [0.15, 0.2) is 12.2 Å². The monoisotopic (exact) mass is 189 g/mol. The third-order valence-electron chi connectivity index (χ3n) is 2.29. The molecule has 1 aliphatic heterocycles. The van der Waals surface area contributed by atoms with E-state index in [1.54, 1.807) is 0 Å². The zero-order valence-corrected chi connectivity index (χ0v) is 10.1. The Balaban J connectivity index is 0.000000720. The van der Waals surface area contributed by atoms with Crippen LogP contribution in [0.3, 0.4) is 0 Å². The summed E-state index contributed by atoms with van der Waals surface area (Å²) in [6.07, 6.45) is 5.29. The first-order valence-corrected chi connectivity index (χ1v) is 3.73. The van der Waals surface area contributed by atoms with Crippen molar-refractivity contribution in [2.75, 3.05) is 0 Å². The first-order valence-electron chi connectivity index (χ1n) is 3.73. The Kier molecular flexibility index (Phi) is 3.67. The van der Waals surface area contributed by atoms with E-state index >= 15 is 0 Å². The zero-order chi connectivity index (χ0) is 7.84. The molecule has 0 saturated carbocycles. The quantitative estimate of drug-likeness (QED) is 0.252. The van der Waals surface area contributed by atoms with Gasteiger partial charge in [-0.15, -0.1) is 0 Å². The molecule has 0 aromatic heterocycles. The number of rotatable bonds is 0. The maximum Gasteiger partial charge on any atom is 1.00 e. The van der Waals surface area contributed by atoms with E-state index in [9.17, 15) is 9.59 Å². The molecular weight excluding hydrogens is 181 g/mol. The van der Waals surface area contributed by atoms with Gasteiger partial charge >= 0.3 is 51.4 Å². The standard InChI is InChI=1S/C8H9NO2.K/c10-7-5-3-1-2-4-6(5)8(11)9-7;/h1-2,5-6H,3-4H2,(H,9,10,11);/q;+1/p-1. The van der Waals surface area contributed by atoms with E-state index in [2.05, 4.69) is 5.32 Å². The van der Waals surface area contributed by atoms with Gasteiger partial charge in [-0.05, 0) is 12.8 Å². The van der Waals surface area contributed by atoms with Gasteiger partial charge in [0.05, 0.1) is 11.8 Å². The van der Waals surface area contributed by atoms with Gasteiger partial charge in [-0.2, -0.15) is 0 Å². The predicted octanol–water partition coefficient (Wildman–Crippen LogP) is -1.99. The number of allylic oxidation sites excluding steroid dienone is 2. The van der Waals surface area contributed by atoms with Crippen molar-refractivity contribution in [3.8, 4) is 0 Å². The van der Waals surface area contributed by atoms with E-state index in [1.807, 2.05) is 12.2 Å². The van der Waals surface area contributed by atoms with Crippen molar-refractivity contribution in [2.24, 2.45) is 11.8 Å². The largest absolute Gasteiger partial charge is 1.00 e. The van der Waals surface area contributed by atoms with Crippen molar-refractivity contribution in [3.63, 3.8) is 0 Å². The van der Waals surface area contributed by atoms with Crippen LogP contribution in [0, 0.1) is 11.8 Å². The molecule has 2 rings (SSSR count). The Morgan fingerprint density at radius 3 is 1.92 bits per heavy atom. The summed E-state index contributed by atoms with van der Waals surface area (Å²) >= 11 is 0. The maximum absolute atomic E-state index is 11.0.